The normalized spacial score (nSPS) is 17.4. The number of nitro benzene ring substituents is 1. The molecule has 1 aliphatic heterocycles. The van der Waals surface area contributed by atoms with Crippen LogP contribution in [0.3, 0.4) is 0 Å². The Bertz CT molecular complexity index is 1390. The molecule has 0 amide bonds. The molecule has 38 heavy (non-hydrogen) atoms. The van der Waals surface area contributed by atoms with Crippen molar-refractivity contribution >= 4 is 45.3 Å². The lowest BCUT2D eigenvalue weighted by Crippen LogP contribution is -2.46. The Morgan fingerprint density at radius 3 is 2.16 bits per heavy atom. The fourth-order valence-electron chi connectivity index (χ4n) is 4.05. The van der Waals surface area contributed by atoms with Crippen LogP contribution < -0.4 is 4.90 Å². The Hall–Kier alpha value is -4.28. The first-order valence-electron chi connectivity index (χ1n) is 11.4. The van der Waals surface area contributed by atoms with Crippen molar-refractivity contribution in [3.8, 4) is 0 Å². The molecular weight excluding hydrogens is 556 g/mol. The number of carbonyl (C=O) groups excluding carboxylic acids is 2. The highest BCUT2D eigenvalue weighted by Crippen LogP contribution is 2.41. The lowest BCUT2D eigenvalue weighted by Gasteiger charge is -2.41. The summed E-state index contributed by atoms with van der Waals surface area (Å²) >= 11 is 3.42. The number of hydrogen-bond acceptors (Lipinski definition) is 8. The van der Waals surface area contributed by atoms with Gasteiger partial charge in [0.05, 0.1) is 19.1 Å². The third-order valence-electron chi connectivity index (χ3n) is 5.84. The van der Waals surface area contributed by atoms with E-state index in [4.69, 9.17) is 14.2 Å². The molecular formula is C28H23BrN2O7. The van der Waals surface area contributed by atoms with Crippen molar-refractivity contribution < 1.29 is 28.7 Å². The third-order valence-corrected chi connectivity index (χ3v) is 6.37. The third kappa shape index (κ3) is 5.66. The van der Waals surface area contributed by atoms with Gasteiger partial charge in [0.1, 0.15) is 17.4 Å². The fourth-order valence-corrected chi connectivity index (χ4v) is 4.32. The van der Waals surface area contributed by atoms with Gasteiger partial charge >= 0.3 is 11.9 Å². The van der Waals surface area contributed by atoms with Gasteiger partial charge in [0.2, 0.25) is 0 Å². The molecule has 1 aliphatic rings. The fraction of sp³-hybridized carbons (Fsp3) is 0.143. The molecule has 0 fully saturated rings. The number of rotatable bonds is 7. The number of benzene rings is 3. The van der Waals surface area contributed by atoms with Crippen molar-refractivity contribution in [3.63, 3.8) is 0 Å². The standard InChI is InChI=1S/C28H23BrN2O7/c1-36-27(32)24-25(28(33)37-2)30(21-15-11-20(29)12-16-21)23(17-8-18-6-4-3-5-7-18)38-26(24)19-9-13-22(14-10-19)31(34)35/h3-17,23,26H,1-2H3/b17-8+/t23-,26+/m1/s1. The van der Waals surface area contributed by atoms with Gasteiger partial charge in [-0.05, 0) is 53.6 Å². The van der Waals surface area contributed by atoms with E-state index in [0.29, 0.717) is 11.3 Å². The molecule has 0 aliphatic carbocycles. The summed E-state index contributed by atoms with van der Waals surface area (Å²) in [5.41, 5.74) is 1.57. The Morgan fingerprint density at radius 1 is 0.947 bits per heavy atom. The molecule has 1 heterocycles. The Balaban J connectivity index is 1.95. The van der Waals surface area contributed by atoms with E-state index in [2.05, 4.69) is 15.9 Å². The number of methoxy groups -OCH3 is 2. The summed E-state index contributed by atoms with van der Waals surface area (Å²) in [6.07, 6.45) is 1.63. The highest BCUT2D eigenvalue weighted by molar-refractivity contribution is 9.10. The zero-order valence-electron chi connectivity index (χ0n) is 20.4. The first-order chi connectivity index (χ1) is 18.3. The van der Waals surface area contributed by atoms with Crippen LogP contribution in [0, 0.1) is 10.1 Å². The average molecular weight is 579 g/mol. The van der Waals surface area contributed by atoms with Gasteiger partial charge in [-0.2, -0.15) is 0 Å². The molecule has 10 heteroatoms. The first-order valence-corrected chi connectivity index (χ1v) is 12.2. The minimum Gasteiger partial charge on any atom is -0.466 e. The van der Waals surface area contributed by atoms with Crippen LogP contribution in [0.4, 0.5) is 11.4 Å². The van der Waals surface area contributed by atoms with Crippen LogP contribution in [-0.4, -0.2) is 37.3 Å². The second-order valence-corrected chi connectivity index (χ2v) is 9.03. The maximum Gasteiger partial charge on any atom is 0.355 e. The van der Waals surface area contributed by atoms with Crippen LogP contribution in [0.2, 0.25) is 0 Å². The molecule has 0 saturated carbocycles. The largest absolute Gasteiger partial charge is 0.466 e. The monoisotopic (exact) mass is 578 g/mol. The number of carbonyl (C=O) groups is 2. The topological polar surface area (TPSA) is 108 Å². The van der Waals surface area contributed by atoms with Gasteiger partial charge in [0.15, 0.2) is 6.23 Å². The minimum atomic E-state index is -1.09. The molecule has 0 unspecified atom stereocenters. The lowest BCUT2D eigenvalue weighted by molar-refractivity contribution is -0.384. The number of non-ortho nitro benzene ring substituents is 1. The van der Waals surface area contributed by atoms with Crippen molar-refractivity contribution in [2.45, 2.75) is 12.3 Å². The van der Waals surface area contributed by atoms with Gasteiger partial charge in [-0.15, -0.1) is 0 Å². The van der Waals surface area contributed by atoms with Gasteiger partial charge in [-0.3, -0.25) is 10.1 Å². The summed E-state index contributed by atoms with van der Waals surface area (Å²) in [5, 5.41) is 11.2. The summed E-state index contributed by atoms with van der Waals surface area (Å²) < 4.78 is 17.4. The van der Waals surface area contributed by atoms with Crippen molar-refractivity contribution in [1.82, 2.24) is 0 Å². The lowest BCUT2D eigenvalue weighted by atomic mass is 9.96. The van der Waals surface area contributed by atoms with Crippen LogP contribution in [0.15, 0.2) is 101 Å². The smallest absolute Gasteiger partial charge is 0.355 e. The summed E-state index contributed by atoms with van der Waals surface area (Å²) in [6, 6.07) is 22.2. The SMILES string of the molecule is COC(=O)C1=C(C(=O)OC)N(c2ccc(Br)cc2)[C@@H](/C=C/c2ccccc2)O[C@H]1c1ccc([N+](=O)[O-])cc1. The van der Waals surface area contributed by atoms with E-state index in [1.54, 1.807) is 35.2 Å². The van der Waals surface area contributed by atoms with Gasteiger partial charge in [0, 0.05) is 22.3 Å². The Morgan fingerprint density at radius 2 is 1.58 bits per heavy atom. The summed E-state index contributed by atoms with van der Waals surface area (Å²) in [5.74, 6) is -1.58. The predicted octanol–water partition coefficient (Wildman–Crippen LogP) is 5.57. The molecule has 0 aromatic heterocycles. The summed E-state index contributed by atoms with van der Waals surface area (Å²) in [7, 11) is 2.41. The van der Waals surface area contributed by atoms with E-state index in [9.17, 15) is 19.7 Å². The quantitative estimate of drug-likeness (QED) is 0.203. The molecule has 0 radical (unpaired) electrons. The number of halogens is 1. The second kappa shape index (κ2) is 11.8. The van der Waals surface area contributed by atoms with Crippen LogP contribution >= 0.6 is 15.9 Å². The number of ether oxygens (including phenoxy) is 3. The van der Waals surface area contributed by atoms with Crippen LogP contribution in [0.5, 0.6) is 0 Å². The molecule has 4 rings (SSSR count). The maximum absolute atomic E-state index is 13.3. The molecule has 194 valence electrons. The predicted molar refractivity (Wildman–Crippen MR) is 144 cm³/mol. The number of hydrogen-bond donors (Lipinski definition) is 0. The van der Waals surface area contributed by atoms with Crippen molar-refractivity contribution in [1.29, 1.82) is 0 Å². The highest BCUT2D eigenvalue weighted by atomic mass is 79.9. The maximum atomic E-state index is 13.3. The molecule has 0 N–H and O–H groups in total. The molecule has 3 aromatic rings. The van der Waals surface area contributed by atoms with Gasteiger partial charge in [-0.1, -0.05) is 52.3 Å². The zero-order chi connectivity index (χ0) is 27.2. The Labute approximate surface area is 227 Å². The summed E-state index contributed by atoms with van der Waals surface area (Å²) in [4.78, 5) is 38.7. The summed E-state index contributed by atoms with van der Waals surface area (Å²) in [6.45, 7) is 0. The second-order valence-electron chi connectivity index (χ2n) is 8.12. The highest BCUT2D eigenvalue weighted by Gasteiger charge is 2.43. The van der Waals surface area contributed by atoms with E-state index in [1.165, 1.54) is 38.5 Å². The molecule has 9 nitrogen and oxygen atoms in total. The average Bonchev–Trinajstić information content (AvgIpc) is 2.95. The number of esters is 2. The van der Waals surface area contributed by atoms with E-state index in [1.807, 2.05) is 36.4 Å². The van der Waals surface area contributed by atoms with Crippen LogP contribution in [0.25, 0.3) is 6.08 Å². The van der Waals surface area contributed by atoms with E-state index in [-0.39, 0.29) is 17.0 Å². The van der Waals surface area contributed by atoms with E-state index in [0.717, 1.165) is 10.0 Å². The molecule has 2 atom stereocenters. The number of anilines is 1. The number of nitro groups is 1. The van der Waals surface area contributed by atoms with Crippen molar-refractivity contribution in [3.05, 3.63) is 122 Å². The van der Waals surface area contributed by atoms with Gasteiger partial charge in [-0.25, -0.2) is 9.59 Å². The first kappa shape index (κ1) is 26.8. The van der Waals surface area contributed by atoms with E-state index >= 15 is 0 Å². The zero-order valence-corrected chi connectivity index (χ0v) is 22.0. The van der Waals surface area contributed by atoms with Crippen LogP contribution in [0.1, 0.15) is 17.2 Å². The van der Waals surface area contributed by atoms with Gasteiger partial charge in [0.25, 0.3) is 5.69 Å². The Kier molecular flexibility index (Phi) is 8.35. The van der Waals surface area contributed by atoms with E-state index < -0.39 is 29.2 Å². The molecule has 0 spiro atoms. The molecule has 0 saturated heterocycles. The molecule has 3 aromatic carbocycles. The van der Waals surface area contributed by atoms with Gasteiger partial charge < -0.3 is 19.1 Å². The van der Waals surface area contributed by atoms with Crippen molar-refractivity contribution in [2.75, 3.05) is 19.1 Å². The van der Waals surface area contributed by atoms with Crippen molar-refractivity contribution in [2.24, 2.45) is 0 Å². The molecule has 0 bridgehead atoms. The van der Waals surface area contributed by atoms with Crippen LogP contribution in [-0.2, 0) is 23.8 Å². The number of nitrogens with zero attached hydrogens (tertiary/aromatic N) is 2. The minimum absolute atomic E-state index is 0.0704.